The van der Waals surface area contributed by atoms with Crippen LogP contribution >= 0.6 is 0 Å². The van der Waals surface area contributed by atoms with Crippen LogP contribution in [0.1, 0.15) is 0 Å². The van der Waals surface area contributed by atoms with Crippen LogP contribution in [0.15, 0.2) is 30.5 Å². The lowest BCUT2D eigenvalue weighted by Crippen LogP contribution is -2.30. The maximum Gasteiger partial charge on any atom is 0.326 e. The standard InChI is InChI=1S/C14H10FN5O4S/c15-8-4-7(12-13-9(17-18-12)2-1-3-16-13)5-10(21)14(8)20-6-11(22)19-25(20,23)24/h1-5,21H,6H2,(H,17,18)(H,19,22). The average Bonchev–Trinajstić information content (AvgIpc) is 3.07. The molecule has 0 saturated carbocycles. The number of halogens is 1. The van der Waals surface area contributed by atoms with Crippen LogP contribution in [0.2, 0.25) is 0 Å². The number of nitrogens with zero attached hydrogens (tertiary/aromatic N) is 3. The molecule has 1 saturated heterocycles. The zero-order valence-electron chi connectivity index (χ0n) is 12.4. The third-order valence-electron chi connectivity index (χ3n) is 3.71. The average molecular weight is 363 g/mol. The number of hydrogen-bond donors (Lipinski definition) is 3. The molecule has 9 nitrogen and oxygen atoms in total. The van der Waals surface area contributed by atoms with Crippen LogP contribution < -0.4 is 9.03 Å². The maximum atomic E-state index is 14.6. The lowest BCUT2D eigenvalue weighted by molar-refractivity contribution is -0.117. The summed E-state index contributed by atoms with van der Waals surface area (Å²) >= 11 is 0. The fourth-order valence-corrected chi connectivity index (χ4v) is 3.84. The van der Waals surface area contributed by atoms with Gasteiger partial charge in [-0.1, -0.05) is 0 Å². The van der Waals surface area contributed by atoms with E-state index in [1.807, 2.05) is 0 Å². The third-order valence-corrected chi connectivity index (χ3v) is 5.08. The van der Waals surface area contributed by atoms with E-state index >= 15 is 0 Å². The van der Waals surface area contributed by atoms with Crippen molar-refractivity contribution < 1.29 is 22.7 Å². The number of pyridine rings is 1. The molecular formula is C14H10FN5O4S. The van der Waals surface area contributed by atoms with Crippen LogP contribution in [0.3, 0.4) is 0 Å². The van der Waals surface area contributed by atoms with E-state index in [1.165, 1.54) is 6.07 Å². The zero-order chi connectivity index (χ0) is 17.8. The number of phenols is 1. The first-order valence-electron chi connectivity index (χ1n) is 7.02. The monoisotopic (exact) mass is 363 g/mol. The van der Waals surface area contributed by atoms with Crippen molar-refractivity contribution >= 4 is 32.8 Å². The van der Waals surface area contributed by atoms with Crippen molar-refractivity contribution in [2.24, 2.45) is 0 Å². The highest BCUT2D eigenvalue weighted by Gasteiger charge is 2.37. The molecule has 1 aliphatic rings. The summed E-state index contributed by atoms with van der Waals surface area (Å²) in [6.07, 6.45) is 1.54. The SMILES string of the molecule is O=C1CN(c2c(O)cc(-c3n[nH]c4cccnc34)cc2F)S(=O)(=O)N1. The van der Waals surface area contributed by atoms with Gasteiger partial charge in [0.15, 0.2) is 5.82 Å². The Hall–Kier alpha value is -3.21. The Morgan fingerprint density at radius 1 is 1.32 bits per heavy atom. The number of phenolic OH excluding ortho intramolecular Hbond substituents is 1. The van der Waals surface area contributed by atoms with E-state index in [4.69, 9.17) is 0 Å². The number of hydrogen-bond acceptors (Lipinski definition) is 6. The molecular weight excluding hydrogens is 353 g/mol. The molecule has 0 unspecified atom stereocenters. The highest BCUT2D eigenvalue weighted by Crippen LogP contribution is 2.38. The Kier molecular flexibility index (Phi) is 3.15. The van der Waals surface area contributed by atoms with E-state index in [-0.39, 0.29) is 5.56 Å². The fourth-order valence-electron chi connectivity index (χ4n) is 2.67. The van der Waals surface area contributed by atoms with E-state index < -0.39 is 39.9 Å². The van der Waals surface area contributed by atoms with Gasteiger partial charge in [-0.05, 0) is 24.3 Å². The molecule has 0 spiro atoms. The van der Waals surface area contributed by atoms with Crippen LogP contribution in [0.5, 0.6) is 5.75 Å². The summed E-state index contributed by atoms with van der Waals surface area (Å²) in [6, 6.07) is 5.63. The third kappa shape index (κ3) is 2.36. The largest absolute Gasteiger partial charge is 0.506 e. The molecule has 4 rings (SSSR count). The number of rotatable bonds is 2. The predicted molar refractivity (Wildman–Crippen MR) is 85.4 cm³/mol. The first-order valence-corrected chi connectivity index (χ1v) is 8.46. The van der Waals surface area contributed by atoms with Crippen molar-refractivity contribution in [3.63, 3.8) is 0 Å². The van der Waals surface area contributed by atoms with Gasteiger partial charge in [-0.2, -0.15) is 13.5 Å². The van der Waals surface area contributed by atoms with E-state index in [0.717, 1.165) is 6.07 Å². The Morgan fingerprint density at radius 2 is 2.12 bits per heavy atom. The summed E-state index contributed by atoms with van der Waals surface area (Å²) < 4.78 is 40.5. The van der Waals surface area contributed by atoms with E-state index in [9.17, 15) is 22.7 Å². The molecule has 3 N–H and O–H groups in total. The van der Waals surface area contributed by atoms with Crippen LogP contribution in [-0.2, 0) is 15.0 Å². The molecule has 1 fully saturated rings. The van der Waals surface area contributed by atoms with Gasteiger partial charge in [-0.25, -0.2) is 13.4 Å². The quantitative estimate of drug-likeness (QED) is 0.613. The number of H-pyrrole nitrogens is 1. The van der Waals surface area contributed by atoms with Crippen molar-refractivity contribution in [3.8, 4) is 17.0 Å². The minimum absolute atomic E-state index is 0.208. The zero-order valence-corrected chi connectivity index (χ0v) is 13.2. The second-order valence-electron chi connectivity index (χ2n) is 5.33. The summed E-state index contributed by atoms with van der Waals surface area (Å²) in [5.74, 6) is -2.46. The van der Waals surface area contributed by atoms with E-state index in [1.54, 1.807) is 23.1 Å². The first kappa shape index (κ1) is 15.3. The summed E-state index contributed by atoms with van der Waals surface area (Å²) in [5.41, 5.74) is 1.00. The Labute approximate surface area is 140 Å². The molecule has 1 aromatic carbocycles. The molecule has 11 heteroatoms. The van der Waals surface area contributed by atoms with Crippen molar-refractivity contribution in [3.05, 3.63) is 36.3 Å². The fraction of sp³-hybridized carbons (Fsp3) is 0.0714. The highest BCUT2D eigenvalue weighted by atomic mass is 32.2. The maximum absolute atomic E-state index is 14.6. The summed E-state index contributed by atoms with van der Waals surface area (Å²) in [4.78, 5) is 15.5. The van der Waals surface area contributed by atoms with Gasteiger partial charge in [0.2, 0.25) is 0 Å². The Bertz CT molecular complexity index is 1100. The number of anilines is 1. The molecule has 0 bridgehead atoms. The molecule has 25 heavy (non-hydrogen) atoms. The summed E-state index contributed by atoms with van der Waals surface area (Å²) in [5, 5.41) is 17.0. The number of benzene rings is 1. The van der Waals surface area contributed by atoms with Gasteiger partial charge in [0, 0.05) is 11.8 Å². The van der Waals surface area contributed by atoms with Crippen molar-refractivity contribution in [2.75, 3.05) is 10.8 Å². The second-order valence-corrected chi connectivity index (χ2v) is 6.93. The Morgan fingerprint density at radius 3 is 2.80 bits per heavy atom. The topological polar surface area (TPSA) is 128 Å². The van der Waals surface area contributed by atoms with Gasteiger partial charge in [-0.3, -0.25) is 14.9 Å². The molecule has 1 amide bonds. The number of carbonyl (C=O) groups excluding carboxylic acids is 1. The normalized spacial score (nSPS) is 16.4. The molecule has 0 atom stereocenters. The lowest BCUT2D eigenvalue weighted by atomic mass is 10.1. The summed E-state index contributed by atoms with van der Waals surface area (Å²) in [6.45, 7) is -0.612. The van der Waals surface area contributed by atoms with Gasteiger partial charge in [-0.15, -0.1) is 0 Å². The van der Waals surface area contributed by atoms with Crippen LogP contribution in [0.25, 0.3) is 22.3 Å². The minimum atomic E-state index is -4.24. The van der Waals surface area contributed by atoms with Crippen LogP contribution in [-0.4, -0.2) is 41.2 Å². The number of nitrogens with one attached hydrogen (secondary N) is 2. The van der Waals surface area contributed by atoms with Gasteiger partial charge < -0.3 is 5.11 Å². The van der Waals surface area contributed by atoms with Gasteiger partial charge >= 0.3 is 10.2 Å². The molecule has 2 aromatic heterocycles. The van der Waals surface area contributed by atoms with Crippen molar-refractivity contribution in [2.45, 2.75) is 0 Å². The summed E-state index contributed by atoms with van der Waals surface area (Å²) in [7, 11) is -4.24. The van der Waals surface area contributed by atoms with Gasteiger partial charge in [0.25, 0.3) is 5.91 Å². The smallest absolute Gasteiger partial charge is 0.326 e. The number of fused-ring (bicyclic) bond motifs is 1. The number of aromatic hydroxyl groups is 1. The number of aromatic amines is 1. The molecule has 0 aliphatic carbocycles. The predicted octanol–water partition coefficient (Wildman–Crippen LogP) is 0.651. The Balaban J connectivity index is 1.86. The van der Waals surface area contributed by atoms with Crippen molar-refractivity contribution in [1.82, 2.24) is 19.9 Å². The van der Waals surface area contributed by atoms with Gasteiger partial charge in [0.05, 0.1) is 5.52 Å². The molecule has 3 heterocycles. The van der Waals surface area contributed by atoms with E-state index in [0.29, 0.717) is 21.0 Å². The first-order chi connectivity index (χ1) is 11.9. The highest BCUT2D eigenvalue weighted by molar-refractivity contribution is 7.92. The van der Waals surface area contributed by atoms with E-state index in [2.05, 4.69) is 15.2 Å². The molecule has 3 aromatic rings. The number of amides is 1. The second kappa shape index (κ2) is 5.14. The number of aromatic nitrogens is 3. The van der Waals surface area contributed by atoms with Crippen LogP contribution in [0.4, 0.5) is 10.1 Å². The number of carbonyl (C=O) groups is 1. The molecule has 128 valence electrons. The van der Waals surface area contributed by atoms with Crippen LogP contribution in [0, 0.1) is 5.82 Å². The molecule has 0 radical (unpaired) electrons. The van der Waals surface area contributed by atoms with Crippen molar-refractivity contribution in [1.29, 1.82) is 0 Å². The molecule has 1 aliphatic heterocycles. The lowest BCUT2D eigenvalue weighted by Gasteiger charge is -2.17. The van der Waals surface area contributed by atoms with Gasteiger partial charge in [0.1, 0.15) is 29.2 Å². The minimum Gasteiger partial charge on any atom is -0.506 e.